The summed E-state index contributed by atoms with van der Waals surface area (Å²) in [6, 6.07) is 12.7. The summed E-state index contributed by atoms with van der Waals surface area (Å²) in [4.78, 5) is 27.9. The van der Waals surface area contributed by atoms with Crippen molar-refractivity contribution in [2.24, 2.45) is 0 Å². The lowest BCUT2D eigenvalue weighted by Gasteiger charge is -2.24. The molecule has 0 bridgehead atoms. The monoisotopic (exact) mass is 386 g/mol. The van der Waals surface area contributed by atoms with Crippen LogP contribution in [0.25, 0.3) is 0 Å². The number of methoxy groups -OCH3 is 3. The zero-order valence-electron chi connectivity index (χ0n) is 16.9. The van der Waals surface area contributed by atoms with Crippen LogP contribution in [0.2, 0.25) is 0 Å². The van der Waals surface area contributed by atoms with Crippen molar-refractivity contribution in [1.29, 1.82) is 0 Å². The van der Waals surface area contributed by atoms with E-state index in [1.807, 2.05) is 30.3 Å². The predicted octanol–water partition coefficient (Wildman–Crippen LogP) is 3.12. The lowest BCUT2D eigenvalue weighted by Crippen LogP contribution is -2.34. The normalized spacial score (nSPS) is 10.2. The van der Waals surface area contributed by atoms with Gasteiger partial charge in [0.1, 0.15) is 0 Å². The second-order valence-electron chi connectivity index (χ2n) is 6.09. The van der Waals surface area contributed by atoms with Crippen molar-refractivity contribution in [2.75, 3.05) is 44.7 Å². The number of benzene rings is 2. The molecule has 0 aliphatic rings. The van der Waals surface area contributed by atoms with E-state index in [4.69, 9.17) is 14.2 Å². The maximum Gasteiger partial charge on any atom is 0.228 e. The smallest absolute Gasteiger partial charge is 0.228 e. The Balaban J connectivity index is 2.22. The van der Waals surface area contributed by atoms with E-state index >= 15 is 0 Å². The summed E-state index contributed by atoms with van der Waals surface area (Å²) in [6.45, 7) is 1.68. The minimum absolute atomic E-state index is 0.0927. The van der Waals surface area contributed by atoms with E-state index in [0.29, 0.717) is 22.9 Å². The molecule has 0 aliphatic carbocycles. The predicted molar refractivity (Wildman–Crippen MR) is 109 cm³/mol. The fourth-order valence-corrected chi connectivity index (χ4v) is 2.86. The van der Waals surface area contributed by atoms with Crippen LogP contribution in [0, 0.1) is 0 Å². The molecular formula is C21H26N2O5. The van der Waals surface area contributed by atoms with E-state index in [0.717, 1.165) is 5.69 Å². The van der Waals surface area contributed by atoms with Crippen molar-refractivity contribution in [2.45, 2.75) is 13.3 Å². The van der Waals surface area contributed by atoms with Crippen molar-refractivity contribution < 1.29 is 23.8 Å². The number of para-hydroxylation sites is 1. The van der Waals surface area contributed by atoms with Gasteiger partial charge in [0.05, 0.1) is 27.0 Å². The molecule has 150 valence electrons. The van der Waals surface area contributed by atoms with E-state index in [1.54, 1.807) is 24.1 Å². The van der Waals surface area contributed by atoms with E-state index in [2.05, 4.69) is 0 Å². The third-order valence-electron chi connectivity index (χ3n) is 4.41. The second-order valence-corrected chi connectivity index (χ2v) is 6.09. The fourth-order valence-electron chi connectivity index (χ4n) is 2.86. The molecule has 7 nitrogen and oxygen atoms in total. The molecule has 2 rings (SSSR count). The Morgan fingerprint density at radius 1 is 0.893 bits per heavy atom. The summed E-state index contributed by atoms with van der Waals surface area (Å²) >= 11 is 0. The average molecular weight is 386 g/mol. The first-order valence-corrected chi connectivity index (χ1v) is 8.82. The van der Waals surface area contributed by atoms with Crippen LogP contribution >= 0.6 is 0 Å². The van der Waals surface area contributed by atoms with E-state index < -0.39 is 0 Å². The number of hydrogen-bond acceptors (Lipinski definition) is 5. The molecule has 0 aromatic heterocycles. The number of rotatable bonds is 8. The molecule has 0 unspecified atom stereocenters. The summed E-state index contributed by atoms with van der Waals surface area (Å²) in [5.41, 5.74) is 1.37. The van der Waals surface area contributed by atoms with Crippen LogP contribution < -0.4 is 24.0 Å². The maximum absolute atomic E-state index is 12.6. The molecule has 0 atom stereocenters. The van der Waals surface area contributed by atoms with Crippen molar-refractivity contribution in [3.05, 3.63) is 42.5 Å². The minimum Gasteiger partial charge on any atom is -0.493 e. The van der Waals surface area contributed by atoms with Crippen LogP contribution in [0.5, 0.6) is 17.2 Å². The lowest BCUT2D eigenvalue weighted by atomic mass is 10.2. The van der Waals surface area contributed by atoms with Crippen LogP contribution in [-0.4, -0.2) is 46.7 Å². The lowest BCUT2D eigenvalue weighted by molar-refractivity contribution is -0.118. The standard InChI is InChI=1S/C21H26N2O5/c1-15(24)23(12-11-20(25)22(2)16-9-7-6-8-10-16)17-13-18(26-3)21(28-5)19(14-17)27-4/h6-10,13-14H,11-12H2,1-5H3. The molecule has 0 spiro atoms. The SMILES string of the molecule is COc1cc(N(CCC(=O)N(C)c2ccccc2)C(C)=O)cc(OC)c1OC. The van der Waals surface area contributed by atoms with Gasteiger partial charge in [-0.3, -0.25) is 9.59 Å². The van der Waals surface area contributed by atoms with Crippen molar-refractivity contribution in [3.63, 3.8) is 0 Å². The van der Waals surface area contributed by atoms with Crippen molar-refractivity contribution in [1.82, 2.24) is 0 Å². The Morgan fingerprint density at radius 3 is 1.93 bits per heavy atom. The maximum atomic E-state index is 12.6. The summed E-state index contributed by atoms with van der Waals surface area (Å²) in [6.07, 6.45) is 0.168. The molecule has 2 amide bonds. The second kappa shape index (κ2) is 9.64. The quantitative estimate of drug-likeness (QED) is 0.697. The number of nitrogens with zero attached hydrogens (tertiary/aromatic N) is 2. The zero-order valence-corrected chi connectivity index (χ0v) is 16.9. The molecular weight excluding hydrogens is 360 g/mol. The van der Waals surface area contributed by atoms with Gasteiger partial charge < -0.3 is 24.0 Å². The van der Waals surface area contributed by atoms with Gasteiger partial charge in [0.15, 0.2) is 11.5 Å². The third-order valence-corrected chi connectivity index (χ3v) is 4.41. The molecule has 0 N–H and O–H groups in total. The molecule has 0 saturated heterocycles. The van der Waals surface area contributed by atoms with Crippen molar-refractivity contribution >= 4 is 23.2 Å². The Hall–Kier alpha value is -3.22. The number of carbonyl (C=O) groups excluding carboxylic acids is 2. The first-order chi connectivity index (χ1) is 13.4. The summed E-state index contributed by atoms with van der Waals surface area (Å²) < 4.78 is 16.0. The highest BCUT2D eigenvalue weighted by Gasteiger charge is 2.20. The van der Waals surface area contributed by atoms with Crippen LogP contribution in [0.3, 0.4) is 0 Å². The molecule has 28 heavy (non-hydrogen) atoms. The van der Waals surface area contributed by atoms with Gasteiger partial charge in [0, 0.05) is 44.8 Å². The van der Waals surface area contributed by atoms with Gasteiger partial charge >= 0.3 is 0 Å². The van der Waals surface area contributed by atoms with Gasteiger partial charge in [-0.15, -0.1) is 0 Å². The summed E-state index contributed by atoms with van der Waals surface area (Å²) in [7, 11) is 6.26. The highest BCUT2D eigenvalue weighted by Crippen LogP contribution is 2.41. The molecule has 0 fully saturated rings. The molecule has 2 aromatic rings. The largest absolute Gasteiger partial charge is 0.493 e. The summed E-state index contributed by atoms with van der Waals surface area (Å²) in [5, 5.41) is 0. The number of amides is 2. The highest BCUT2D eigenvalue weighted by atomic mass is 16.5. The topological polar surface area (TPSA) is 68.3 Å². The van der Waals surface area contributed by atoms with Crippen LogP contribution in [0.15, 0.2) is 42.5 Å². The van der Waals surface area contributed by atoms with Gasteiger partial charge in [0.25, 0.3) is 0 Å². The van der Waals surface area contributed by atoms with Crippen molar-refractivity contribution in [3.8, 4) is 17.2 Å². The first-order valence-electron chi connectivity index (χ1n) is 8.82. The minimum atomic E-state index is -0.190. The van der Waals surface area contributed by atoms with Gasteiger partial charge in [-0.2, -0.15) is 0 Å². The molecule has 0 radical (unpaired) electrons. The summed E-state index contributed by atoms with van der Waals surface area (Å²) in [5.74, 6) is 1.04. The highest BCUT2D eigenvalue weighted by molar-refractivity contribution is 5.96. The molecule has 0 saturated carbocycles. The third kappa shape index (κ3) is 4.73. The Kier molecular flexibility index (Phi) is 7.26. The van der Waals surface area contributed by atoms with E-state index in [-0.39, 0.29) is 24.8 Å². The van der Waals surface area contributed by atoms with Gasteiger partial charge in [-0.1, -0.05) is 18.2 Å². The number of anilines is 2. The number of ether oxygens (including phenoxy) is 3. The van der Waals surface area contributed by atoms with Crippen LogP contribution in [-0.2, 0) is 9.59 Å². The Morgan fingerprint density at radius 2 is 1.46 bits per heavy atom. The van der Waals surface area contributed by atoms with E-state index in [9.17, 15) is 9.59 Å². The van der Waals surface area contributed by atoms with E-state index in [1.165, 1.54) is 33.2 Å². The molecule has 2 aromatic carbocycles. The van der Waals surface area contributed by atoms with Gasteiger partial charge in [0.2, 0.25) is 17.6 Å². The zero-order chi connectivity index (χ0) is 20.7. The van der Waals surface area contributed by atoms with Crippen LogP contribution in [0.4, 0.5) is 11.4 Å². The van der Waals surface area contributed by atoms with Gasteiger partial charge in [-0.25, -0.2) is 0 Å². The Labute approximate surface area is 165 Å². The average Bonchev–Trinajstić information content (AvgIpc) is 2.72. The van der Waals surface area contributed by atoms with Gasteiger partial charge in [-0.05, 0) is 12.1 Å². The van der Waals surface area contributed by atoms with Crippen LogP contribution in [0.1, 0.15) is 13.3 Å². The fraction of sp³-hybridized carbons (Fsp3) is 0.333. The Bertz CT molecular complexity index is 798. The number of carbonyl (C=O) groups is 2. The molecule has 0 aliphatic heterocycles. The molecule has 0 heterocycles. The number of hydrogen-bond donors (Lipinski definition) is 0. The first kappa shape index (κ1) is 21.1. The molecule has 7 heteroatoms.